The summed E-state index contributed by atoms with van der Waals surface area (Å²) in [6, 6.07) is -0.914. The van der Waals surface area contributed by atoms with Gasteiger partial charge in [-0.1, -0.05) is 372 Å². The lowest BCUT2D eigenvalue weighted by atomic mass is 9.97. The van der Waals surface area contributed by atoms with E-state index >= 15 is 0 Å². The maximum absolute atomic E-state index is 13.4. The summed E-state index contributed by atoms with van der Waals surface area (Å²) in [6.45, 7) is 2.87. The summed E-state index contributed by atoms with van der Waals surface area (Å²) in [5.41, 5.74) is 0. The van der Waals surface area contributed by atoms with Crippen molar-refractivity contribution in [1.82, 2.24) is 5.32 Å². The van der Waals surface area contributed by atoms with Crippen LogP contribution < -0.4 is 5.32 Å². The quantitative estimate of drug-likeness (QED) is 0.0204. The highest BCUT2D eigenvalue weighted by atomic mass is 16.7. The van der Waals surface area contributed by atoms with Crippen LogP contribution in [0.2, 0.25) is 0 Å². The van der Waals surface area contributed by atoms with E-state index < -0.39 is 86.8 Å². The fourth-order valence-corrected chi connectivity index (χ4v) is 14.1. The van der Waals surface area contributed by atoms with E-state index in [1.807, 2.05) is 6.08 Å². The van der Waals surface area contributed by atoms with Crippen molar-refractivity contribution < 1.29 is 64.6 Å². The molecule has 0 aliphatic carbocycles. The molecule has 12 atom stereocenters. The Morgan fingerprint density at radius 3 is 0.990 bits per heavy atom. The molecule has 0 aromatic heterocycles. The topological polar surface area (TPSA) is 228 Å². The van der Waals surface area contributed by atoms with Crippen LogP contribution in [0, 0.1) is 0 Å². The molecule has 0 saturated carbocycles. The molecule has 0 bridgehead atoms. The predicted molar refractivity (Wildman–Crippen MR) is 397 cm³/mol. The third-order valence-corrected chi connectivity index (χ3v) is 20.6. The third kappa shape index (κ3) is 49.1. The van der Waals surface area contributed by atoms with Crippen LogP contribution in [0.25, 0.3) is 0 Å². The molecule has 568 valence electrons. The van der Waals surface area contributed by atoms with Gasteiger partial charge < -0.3 is 65.1 Å². The van der Waals surface area contributed by atoms with Crippen LogP contribution in [0.15, 0.2) is 24.3 Å². The van der Waals surface area contributed by atoms with Gasteiger partial charge in [-0.25, -0.2) is 0 Å². The first-order valence-corrected chi connectivity index (χ1v) is 41.6. The van der Waals surface area contributed by atoms with Gasteiger partial charge in [0.15, 0.2) is 12.6 Å². The lowest BCUT2D eigenvalue weighted by Gasteiger charge is -2.46. The van der Waals surface area contributed by atoms with E-state index in [0.717, 1.165) is 38.5 Å². The molecule has 0 aromatic carbocycles. The lowest BCUT2D eigenvalue weighted by Crippen LogP contribution is -2.65. The van der Waals surface area contributed by atoms with Crippen LogP contribution in [-0.4, -0.2) is 140 Å². The first kappa shape index (κ1) is 90.6. The number of amides is 1. The summed E-state index contributed by atoms with van der Waals surface area (Å²) in [5.74, 6) is -0.229. The second-order valence-corrected chi connectivity index (χ2v) is 29.6. The molecule has 9 N–H and O–H groups in total. The van der Waals surface area contributed by atoms with Gasteiger partial charge in [0.25, 0.3) is 0 Å². The molecule has 0 aromatic rings. The lowest BCUT2D eigenvalue weighted by molar-refractivity contribution is -0.359. The molecule has 2 saturated heterocycles. The Kier molecular flexibility index (Phi) is 62.9. The largest absolute Gasteiger partial charge is 0.394 e. The number of aliphatic hydroxyl groups excluding tert-OH is 8. The number of rotatable bonds is 71. The van der Waals surface area contributed by atoms with Crippen molar-refractivity contribution in [3.05, 3.63) is 24.3 Å². The highest BCUT2D eigenvalue weighted by Gasteiger charge is 2.51. The first-order valence-electron chi connectivity index (χ1n) is 41.6. The number of carbonyl (C=O) groups excluding carboxylic acids is 1. The molecule has 14 heteroatoms. The van der Waals surface area contributed by atoms with E-state index in [2.05, 4.69) is 31.3 Å². The number of ether oxygens (including phenoxy) is 4. The monoisotopic (exact) mass is 1360 g/mol. The van der Waals surface area contributed by atoms with Crippen molar-refractivity contribution in [2.24, 2.45) is 0 Å². The van der Waals surface area contributed by atoms with Crippen LogP contribution in [0.1, 0.15) is 399 Å². The molecule has 0 spiro atoms. The molecule has 1 amide bonds. The van der Waals surface area contributed by atoms with Gasteiger partial charge in [-0.05, 0) is 44.9 Å². The predicted octanol–water partition coefficient (Wildman–Crippen LogP) is 19.0. The first-order chi connectivity index (χ1) is 47.1. The highest BCUT2D eigenvalue weighted by Crippen LogP contribution is 2.30. The molecular weight excluding hydrogens is 1210 g/mol. The zero-order valence-electron chi connectivity index (χ0n) is 62.4. The van der Waals surface area contributed by atoms with Gasteiger partial charge in [0, 0.05) is 6.42 Å². The average molecular weight is 1370 g/mol. The van der Waals surface area contributed by atoms with Crippen LogP contribution >= 0.6 is 0 Å². The van der Waals surface area contributed by atoms with Crippen molar-refractivity contribution in [1.29, 1.82) is 0 Å². The molecule has 2 fully saturated rings. The fraction of sp³-hybridized carbons (Fsp3) is 0.939. The average Bonchev–Trinajstić information content (AvgIpc) is 0.797. The minimum atomic E-state index is -1.79. The Labute approximate surface area is 589 Å². The second-order valence-electron chi connectivity index (χ2n) is 29.6. The van der Waals surface area contributed by atoms with Crippen molar-refractivity contribution in [3.8, 4) is 0 Å². The standard InChI is InChI=1S/C82H157NO13/c1-3-5-7-9-11-13-15-17-19-21-23-25-27-29-31-32-33-34-35-36-37-38-40-42-44-46-48-50-52-54-56-58-60-62-64-66-74(87)83-70(69-93-81-79(92)77(90)80(73(68-85)95-81)96-82-78(91)76(89)75(88)72(67-84)94-82)71(86)65-63-61-59-57-55-53-51-49-47-45-43-41-39-30-28-26-24-22-20-18-16-14-12-10-8-6-4-2/h21,23,63,65,70-73,75-82,84-86,88-92H,3-20,22,24-62,64,66-69H2,1-2H3,(H,83,87)/b23-21-,65-63+. The van der Waals surface area contributed by atoms with Crippen molar-refractivity contribution in [3.63, 3.8) is 0 Å². The van der Waals surface area contributed by atoms with E-state index in [-0.39, 0.29) is 18.9 Å². The minimum absolute atomic E-state index is 0.229. The summed E-state index contributed by atoms with van der Waals surface area (Å²) >= 11 is 0. The second kappa shape index (κ2) is 66.7. The smallest absolute Gasteiger partial charge is 0.220 e. The Morgan fingerprint density at radius 1 is 0.365 bits per heavy atom. The molecule has 12 unspecified atom stereocenters. The van der Waals surface area contributed by atoms with Gasteiger partial charge in [0.1, 0.15) is 48.8 Å². The van der Waals surface area contributed by atoms with Gasteiger partial charge in [0.05, 0.1) is 32.0 Å². The van der Waals surface area contributed by atoms with Gasteiger partial charge in [0.2, 0.25) is 5.91 Å². The number of carbonyl (C=O) groups is 1. The Hall–Kier alpha value is -1.53. The number of nitrogens with one attached hydrogen (secondary N) is 1. The summed E-state index contributed by atoms with van der Waals surface area (Å²) in [4.78, 5) is 13.4. The van der Waals surface area contributed by atoms with Crippen LogP contribution in [-0.2, 0) is 23.7 Å². The Morgan fingerprint density at radius 2 is 0.656 bits per heavy atom. The van der Waals surface area contributed by atoms with Crippen LogP contribution in [0.3, 0.4) is 0 Å². The zero-order valence-corrected chi connectivity index (χ0v) is 62.4. The molecule has 2 aliphatic rings. The zero-order chi connectivity index (χ0) is 69.4. The number of hydrogen-bond donors (Lipinski definition) is 9. The maximum atomic E-state index is 13.4. The summed E-state index contributed by atoms with van der Waals surface area (Å²) in [5, 5.41) is 87.7. The molecule has 2 heterocycles. The minimum Gasteiger partial charge on any atom is -0.394 e. The molecule has 14 nitrogen and oxygen atoms in total. The van der Waals surface area contributed by atoms with Gasteiger partial charge in [-0.3, -0.25) is 4.79 Å². The molecular formula is C82H157NO13. The van der Waals surface area contributed by atoms with Crippen molar-refractivity contribution in [2.75, 3.05) is 19.8 Å². The summed E-state index contributed by atoms with van der Waals surface area (Å²) < 4.78 is 22.9. The molecule has 2 aliphatic heterocycles. The van der Waals surface area contributed by atoms with Gasteiger partial charge >= 0.3 is 0 Å². The number of unbranched alkanes of at least 4 members (excludes halogenated alkanes) is 56. The molecule has 96 heavy (non-hydrogen) atoms. The molecule has 2 rings (SSSR count). The van der Waals surface area contributed by atoms with E-state index in [4.69, 9.17) is 18.9 Å². The van der Waals surface area contributed by atoms with Crippen LogP contribution in [0.5, 0.6) is 0 Å². The number of allylic oxidation sites excluding steroid dienone is 3. The van der Waals surface area contributed by atoms with E-state index in [1.54, 1.807) is 6.08 Å². The third-order valence-electron chi connectivity index (χ3n) is 20.6. The normalized spacial score (nSPS) is 22.3. The highest BCUT2D eigenvalue weighted by molar-refractivity contribution is 5.76. The van der Waals surface area contributed by atoms with Crippen LogP contribution in [0.4, 0.5) is 0 Å². The fourth-order valence-electron chi connectivity index (χ4n) is 14.1. The number of aliphatic hydroxyl groups is 8. The van der Waals surface area contributed by atoms with Crippen molar-refractivity contribution >= 4 is 5.91 Å². The summed E-state index contributed by atoms with van der Waals surface area (Å²) in [7, 11) is 0. The number of hydrogen-bond acceptors (Lipinski definition) is 13. The van der Waals surface area contributed by atoms with Gasteiger partial charge in [-0.2, -0.15) is 0 Å². The van der Waals surface area contributed by atoms with E-state index in [1.165, 1.54) is 334 Å². The Bertz CT molecular complexity index is 1700. The SMILES string of the molecule is CCCCCCCCCC/C=C\CCCCCCCCCCCCCCCCCCCCCCCCCC(=O)NC(COC1OC(CO)C(OC2OC(CO)C(O)C(O)C2O)C(O)C1O)C(O)/C=C/CCCCCCCCCCCCCCCCCCCCCCCCCCC. The van der Waals surface area contributed by atoms with Crippen molar-refractivity contribution in [2.45, 2.75) is 473 Å². The summed E-state index contributed by atoms with van der Waals surface area (Å²) in [6.07, 6.45) is 69.9. The van der Waals surface area contributed by atoms with E-state index in [9.17, 15) is 45.6 Å². The van der Waals surface area contributed by atoms with Gasteiger partial charge in [-0.15, -0.1) is 0 Å². The Balaban J connectivity index is 1.59. The maximum Gasteiger partial charge on any atom is 0.220 e. The van der Waals surface area contributed by atoms with E-state index in [0.29, 0.717) is 6.42 Å². The molecule has 0 radical (unpaired) electrons.